The van der Waals surface area contributed by atoms with Gasteiger partial charge in [0.1, 0.15) is 0 Å². The van der Waals surface area contributed by atoms with Crippen molar-refractivity contribution < 1.29 is 13.2 Å². The highest BCUT2D eigenvalue weighted by atomic mass is 35.5. The molecular formula is C22H25ClN2O3S. The Hall–Kier alpha value is -2.05. The van der Waals surface area contributed by atoms with Crippen LogP contribution in [-0.4, -0.2) is 26.6 Å². The third kappa shape index (κ3) is 4.43. The minimum absolute atomic E-state index is 0.0916. The van der Waals surface area contributed by atoms with Crippen LogP contribution in [0.4, 0.5) is 5.69 Å². The Morgan fingerprint density at radius 3 is 2.41 bits per heavy atom. The largest absolute Gasteiger partial charge is 0.349 e. The SMILES string of the molecule is CS(=O)(=O)N(Cc1ccccc1Cl)c1ccc(C(=O)N[C@H]2C[C@@H]3CC[C@@H]2C3)cc1. The van der Waals surface area contributed by atoms with Crippen molar-refractivity contribution in [3.8, 4) is 0 Å². The van der Waals surface area contributed by atoms with E-state index in [-0.39, 0.29) is 18.5 Å². The predicted molar refractivity (Wildman–Crippen MR) is 116 cm³/mol. The van der Waals surface area contributed by atoms with Gasteiger partial charge in [0, 0.05) is 16.6 Å². The Bertz CT molecular complexity index is 1010. The molecule has 2 aromatic carbocycles. The molecule has 3 atom stereocenters. The summed E-state index contributed by atoms with van der Waals surface area (Å²) in [4.78, 5) is 12.6. The van der Waals surface area contributed by atoms with Crippen LogP contribution in [0.1, 0.15) is 41.6 Å². The van der Waals surface area contributed by atoms with Gasteiger partial charge in [-0.15, -0.1) is 0 Å². The zero-order chi connectivity index (χ0) is 20.6. The van der Waals surface area contributed by atoms with Crippen molar-refractivity contribution in [3.63, 3.8) is 0 Å². The molecule has 0 radical (unpaired) electrons. The Morgan fingerprint density at radius 2 is 1.83 bits per heavy atom. The van der Waals surface area contributed by atoms with Gasteiger partial charge in [-0.3, -0.25) is 9.10 Å². The minimum atomic E-state index is -3.52. The quantitative estimate of drug-likeness (QED) is 0.742. The highest BCUT2D eigenvalue weighted by Crippen LogP contribution is 2.44. The smallest absolute Gasteiger partial charge is 0.251 e. The van der Waals surface area contributed by atoms with Crippen LogP contribution in [0.15, 0.2) is 48.5 Å². The maximum absolute atomic E-state index is 12.6. The molecule has 1 amide bonds. The number of hydrogen-bond acceptors (Lipinski definition) is 3. The molecule has 5 nitrogen and oxygen atoms in total. The molecule has 29 heavy (non-hydrogen) atoms. The zero-order valence-electron chi connectivity index (χ0n) is 16.3. The number of hydrogen-bond donors (Lipinski definition) is 1. The van der Waals surface area contributed by atoms with Crippen molar-refractivity contribution in [2.75, 3.05) is 10.6 Å². The number of halogens is 1. The lowest BCUT2D eigenvalue weighted by Gasteiger charge is -2.24. The normalized spacial score (nSPS) is 23.2. The summed E-state index contributed by atoms with van der Waals surface area (Å²) in [6.45, 7) is 0.134. The number of nitrogens with zero attached hydrogens (tertiary/aromatic N) is 1. The third-order valence-corrected chi connectivity index (χ3v) is 7.65. The summed E-state index contributed by atoms with van der Waals surface area (Å²) < 4.78 is 26.0. The molecule has 0 spiro atoms. The van der Waals surface area contributed by atoms with Crippen LogP contribution in [0.2, 0.25) is 5.02 Å². The summed E-state index contributed by atoms with van der Waals surface area (Å²) in [6, 6.07) is 14.2. The number of amides is 1. The van der Waals surface area contributed by atoms with Crippen molar-refractivity contribution in [1.29, 1.82) is 0 Å². The van der Waals surface area contributed by atoms with Gasteiger partial charge in [0.2, 0.25) is 10.0 Å². The van der Waals surface area contributed by atoms with Gasteiger partial charge in [-0.25, -0.2) is 8.42 Å². The first-order chi connectivity index (χ1) is 13.8. The van der Waals surface area contributed by atoms with Gasteiger partial charge in [0.15, 0.2) is 0 Å². The van der Waals surface area contributed by atoms with E-state index in [9.17, 15) is 13.2 Å². The average molecular weight is 433 g/mol. The van der Waals surface area contributed by atoms with Crippen LogP contribution in [0.5, 0.6) is 0 Å². The topological polar surface area (TPSA) is 66.5 Å². The maximum atomic E-state index is 12.6. The number of fused-ring (bicyclic) bond motifs is 2. The van der Waals surface area contributed by atoms with E-state index in [0.717, 1.165) is 17.9 Å². The second kappa shape index (κ2) is 8.00. The van der Waals surface area contributed by atoms with E-state index in [1.165, 1.54) is 29.8 Å². The van der Waals surface area contributed by atoms with Crippen molar-refractivity contribution in [2.24, 2.45) is 11.8 Å². The van der Waals surface area contributed by atoms with Gasteiger partial charge in [0.05, 0.1) is 18.5 Å². The number of rotatable bonds is 6. The van der Waals surface area contributed by atoms with Crippen LogP contribution in [0, 0.1) is 11.8 Å². The van der Waals surface area contributed by atoms with Gasteiger partial charge < -0.3 is 5.32 Å². The maximum Gasteiger partial charge on any atom is 0.251 e. The number of anilines is 1. The van der Waals surface area contributed by atoms with E-state index in [2.05, 4.69) is 5.32 Å². The van der Waals surface area contributed by atoms with E-state index in [4.69, 9.17) is 11.6 Å². The molecule has 0 unspecified atom stereocenters. The average Bonchev–Trinajstić information content (AvgIpc) is 3.30. The molecular weight excluding hydrogens is 408 g/mol. The molecule has 1 N–H and O–H groups in total. The molecule has 0 aliphatic heterocycles. The molecule has 0 aromatic heterocycles. The second-order valence-corrected chi connectivity index (χ2v) is 10.5. The molecule has 2 aliphatic rings. The number of benzene rings is 2. The number of carbonyl (C=O) groups is 1. The van der Waals surface area contributed by atoms with Crippen LogP contribution < -0.4 is 9.62 Å². The molecule has 154 valence electrons. The summed E-state index contributed by atoms with van der Waals surface area (Å²) in [5, 5.41) is 3.68. The highest BCUT2D eigenvalue weighted by molar-refractivity contribution is 7.92. The first-order valence-corrected chi connectivity index (χ1v) is 12.2. The number of carbonyl (C=O) groups excluding carboxylic acids is 1. The Balaban J connectivity index is 1.50. The fraction of sp³-hybridized carbons (Fsp3) is 0.409. The first kappa shape index (κ1) is 20.2. The van der Waals surface area contributed by atoms with Gasteiger partial charge in [-0.1, -0.05) is 36.2 Å². The minimum Gasteiger partial charge on any atom is -0.349 e. The Labute approximate surface area is 177 Å². The van der Waals surface area contributed by atoms with E-state index >= 15 is 0 Å². The fourth-order valence-corrected chi connectivity index (χ4v) is 5.71. The summed E-state index contributed by atoms with van der Waals surface area (Å²) in [7, 11) is -3.52. The molecule has 4 rings (SSSR count). The number of sulfonamides is 1. The second-order valence-electron chi connectivity index (χ2n) is 8.16. The lowest BCUT2D eigenvalue weighted by Crippen LogP contribution is -2.38. The molecule has 2 aliphatic carbocycles. The van der Waals surface area contributed by atoms with Crippen molar-refractivity contribution in [3.05, 3.63) is 64.7 Å². The van der Waals surface area contributed by atoms with Crippen LogP contribution in [-0.2, 0) is 16.6 Å². The fourth-order valence-electron chi connectivity index (χ4n) is 4.63. The van der Waals surface area contributed by atoms with E-state index in [1.54, 1.807) is 42.5 Å². The molecule has 2 bridgehead atoms. The highest BCUT2D eigenvalue weighted by Gasteiger charge is 2.40. The van der Waals surface area contributed by atoms with Gasteiger partial charge in [0.25, 0.3) is 5.91 Å². The van der Waals surface area contributed by atoms with Gasteiger partial charge in [-0.2, -0.15) is 0 Å². The molecule has 0 saturated heterocycles. The summed E-state index contributed by atoms with van der Waals surface area (Å²) in [5.41, 5.74) is 1.77. The molecule has 2 fully saturated rings. The van der Waals surface area contributed by atoms with Crippen molar-refractivity contribution >= 4 is 33.2 Å². The van der Waals surface area contributed by atoms with Crippen LogP contribution in [0.25, 0.3) is 0 Å². The monoisotopic (exact) mass is 432 g/mol. The van der Waals surface area contributed by atoms with Gasteiger partial charge >= 0.3 is 0 Å². The molecule has 0 heterocycles. The predicted octanol–water partition coefficient (Wildman–Crippen LogP) is 4.22. The third-order valence-electron chi connectivity index (χ3n) is 6.14. The molecule has 2 saturated carbocycles. The lowest BCUT2D eigenvalue weighted by atomic mass is 9.95. The van der Waals surface area contributed by atoms with E-state index < -0.39 is 10.0 Å². The van der Waals surface area contributed by atoms with Crippen LogP contribution >= 0.6 is 11.6 Å². The Morgan fingerprint density at radius 1 is 1.10 bits per heavy atom. The molecule has 2 aromatic rings. The van der Waals surface area contributed by atoms with E-state index in [1.807, 2.05) is 6.07 Å². The summed E-state index contributed by atoms with van der Waals surface area (Å²) in [5.74, 6) is 1.28. The number of nitrogens with one attached hydrogen (secondary N) is 1. The van der Waals surface area contributed by atoms with Crippen LogP contribution in [0.3, 0.4) is 0 Å². The lowest BCUT2D eigenvalue weighted by molar-refractivity contribution is 0.0923. The van der Waals surface area contributed by atoms with E-state index in [0.29, 0.717) is 22.2 Å². The summed E-state index contributed by atoms with van der Waals surface area (Å²) >= 11 is 6.21. The van der Waals surface area contributed by atoms with Gasteiger partial charge in [-0.05, 0) is 67.0 Å². The summed E-state index contributed by atoms with van der Waals surface area (Å²) in [6.07, 6.45) is 5.97. The van der Waals surface area contributed by atoms with Crippen molar-refractivity contribution in [1.82, 2.24) is 5.32 Å². The first-order valence-electron chi connectivity index (χ1n) is 9.93. The van der Waals surface area contributed by atoms with Crippen molar-refractivity contribution in [2.45, 2.75) is 38.3 Å². The standard InChI is InChI=1S/C22H25ClN2O3S/c1-29(27,28)25(14-18-4-2-3-5-20(18)23)19-10-8-16(9-11-19)22(26)24-21-13-15-6-7-17(21)12-15/h2-5,8-11,15,17,21H,6-7,12-14H2,1H3,(H,24,26)/t15-,17-,21+/m1/s1. The molecule has 7 heteroatoms. The Kier molecular flexibility index (Phi) is 5.58. The zero-order valence-corrected chi connectivity index (χ0v) is 17.9.